The Hall–Kier alpha value is -2.96. The normalized spacial score (nSPS) is 15.3. The summed E-state index contributed by atoms with van der Waals surface area (Å²) in [5.41, 5.74) is 6.61. The third kappa shape index (κ3) is 4.97. The van der Waals surface area contributed by atoms with Crippen molar-refractivity contribution in [3.8, 4) is 0 Å². The molecule has 2 aromatic carbocycles. The van der Waals surface area contributed by atoms with Crippen molar-refractivity contribution in [2.24, 2.45) is 0 Å². The van der Waals surface area contributed by atoms with Crippen LogP contribution in [0.15, 0.2) is 60.7 Å². The van der Waals surface area contributed by atoms with Crippen molar-refractivity contribution < 1.29 is 4.39 Å². The molecule has 7 heteroatoms. The highest BCUT2D eigenvalue weighted by molar-refractivity contribution is 6.30. The Morgan fingerprint density at radius 2 is 1.42 bits per heavy atom. The zero-order valence-electron chi connectivity index (χ0n) is 21.0. The van der Waals surface area contributed by atoms with E-state index in [1.54, 1.807) is 0 Å². The second kappa shape index (κ2) is 10.6. The molecule has 0 unspecified atom stereocenters. The molecule has 1 saturated heterocycles. The Morgan fingerprint density at radius 1 is 0.833 bits per heavy atom. The summed E-state index contributed by atoms with van der Waals surface area (Å²) in [6, 6.07) is 19.3. The van der Waals surface area contributed by atoms with Crippen LogP contribution in [0.25, 0.3) is 0 Å². The molecule has 0 atom stereocenters. The van der Waals surface area contributed by atoms with Gasteiger partial charge in [0.2, 0.25) is 0 Å². The molecule has 0 radical (unpaired) electrons. The molecule has 0 aliphatic carbocycles. The smallest absolute Gasteiger partial charge is 0.123 e. The summed E-state index contributed by atoms with van der Waals surface area (Å²) in [4.78, 5) is 0. The third-order valence-corrected chi connectivity index (χ3v) is 7.51. The van der Waals surface area contributed by atoms with Gasteiger partial charge in [-0.05, 0) is 87.3 Å². The summed E-state index contributed by atoms with van der Waals surface area (Å²) >= 11 is 6.24. The third-order valence-electron chi connectivity index (χ3n) is 7.27. The largest absolute Gasteiger partial charge is 0.317 e. The van der Waals surface area contributed by atoms with Crippen LogP contribution >= 0.6 is 11.6 Å². The fraction of sp³-hybridized carbons (Fsp3) is 0.379. The van der Waals surface area contributed by atoms with Crippen LogP contribution in [0.5, 0.6) is 0 Å². The van der Waals surface area contributed by atoms with E-state index < -0.39 is 0 Å². The van der Waals surface area contributed by atoms with E-state index in [4.69, 9.17) is 21.8 Å². The molecule has 4 aromatic rings. The molecule has 1 aliphatic rings. The number of nitrogens with one attached hydrogen (secondary N) is 1. The number of nitrogens with zero attached hydrogens (tertiary/aromatic N) is 4. The Labute approximate surface area is 217 Å². The minimum absolute atomic E-state index is 0.176. The number of rotatable bonds is 8. The predicted molar refractivity (Wildman–Crippen MR) is 142 cm³/mol. The SMILES string of the molecule is CCn1nc(Cc2ccc(F)cc2)cc1C1(c2cc(Cc3cccc(Cl)c3)nn2CC)CCNCC1. The predicted octanol–water partition coefficient (Wildman–Crippen LogP) is 5.76. The number of hydrogen-bond acceptors (Lipinski definition) is 3. The Kier molecular flexibility index (Phi) is 7.26. The molecule has 5 rings (SSSR count). The molecule has 2 aromatic heterocycles. The summed E-state index contributed by atoms with van der Waals surface area (Å²) < 4.78 is 17.8. The molecule has 1 aliphatic heterocycles. The van der Waals surface area contributed by atoms with Gasteiger partial charge in [-0.15, -0.1) is 0 Å². The highest BCUT2D eigenvalue weighted by atomic mass is 35.5. The summed E-state index contributed by atoms with van der Waals surface area (Å²) in [5.74, 6) is -0.214. The van der Waals surface area contributed by atoms with Crippen molar-refractivity contribution in [2.75, 3.05) is 13.1 Å². The van der Waals surface area contributed by atoms with Gasteiger partial charge < -0.3 is 5.32 Å². The molecule has 188 valence electrons. The molecule has 1 N–H and O–H groups in total. The first-order valence-electron chi connectivity index (χ1n) is 12.8. The minimum atomic E-state index is -0.214. The van der Waals surface area contributed by atoms with E-state index >= 15 is 0 Å². The number of piperidine rings is 1. The topological polar surface area (TPSA) is 47.7 Å². The van der Waals surface area contributed by atoms with Gasteiger partial charge in [0.25, 0.3) is 0 Å². The highest BCUT2D eigenvalue weighted by Crippen LogP contribution is 2.41. The van der Waals surface area contributed by atoms with Crippen LogP contribution in [0.2, 0.25) is 5.02 Å². The second-order valence-electron chi connectivity index (χ2n) is 9.62. The number of hydrogen-bond donors (Lipinski definition) is 1. The van der Waals surface area contributed by atoms with Crippen LogP contribution in [-0.2, 0) is 31.3 Å². The van der Waals surface area contributed by atoms with Gasteiger partial charge in [0.1, 0.15) is 5.82 Å². The summed E-state index contributed by atoms with van der Waals surface area (Å²) in [7, 11) is 0. The number of halogens is 2. The fourth-order valence-electron chi connectivity index (χ4n) is 5.53. The first-order valence-corrected chi connectivity index (χ1v) is 13.2. The van der Waals surface area contributed by atoms with Crippen molar-refractivity contribution in [3.05, 3.63) is 105 Å². The Balaban J connectivity index is 1.55. The van der Waals surface area contributed by atoms with E-state index in [2.05, 4.69) is 46.7 Å². The van der Waals surface area contributed by atoms with Gasteiger partial charge in [0.05, 0.1) is 28.2 Å². The molecule has 0 bridgehead atoms. The average molecular weight is 506 g/mol. The second-order valence-corrected chi connectivity index (χ2v) is 10.1. The van der Waals surface area contributed by atoms with Crippen LogP contribution < -0.4 is 5.32 Å². The lowest BCUT2D eigenvalue weighted by Gasteiger charge is -2.38. The van der Waals surface area contributed by atoms with E-state index in [1.165, 1.54) is 23.5 Å². The molecule has 1 fully saturated rings. The lowest BCUT2D eigenvalue weighted by atomic mass is 9.72. The van der Waals surface area contributed by atoms with Gasteiger partial charge in [0.15, 0.2) is 0 Å². The molecule has 0 spiro atoms. The lowest BCUT2D eigenvalue weighted by molar-refractivity contribution is 0.317. The van der Waals surface area contributed by atoms with Gasteiger partial charge >= 0.3 is 0 Å². The van der Waals surface area contributed by atoms with Crippen molar-refractivity contribution >= 4 is 11.6 Å². The quantitative estimate of drug-likeness (QED) is 0.331. The Morgan fingerprint density at radius 3 is 1.97 bits per heavy atom. The number of aromatic nitrogens is 4. The molecular weight excluding hydrogens is 473 g/mol. The molecular formula is C29H33ClFN5. The number of aryl methyl sites for hydroxylation is 2. The fourth-order valence-corrected chi connectivity index (χ4v) is 5.74. The maximum absolute atomic E-state index is 13.4. The van der Waals surface area contributed by atoms with Gasteiger partial charge in [-0.1, -0.05) is 35.9 Å². The van der Waals surface area contributed by atoms with Crippen LogP contribution in [0.3, 0.4) is 0 Å². The van der Waals surface area contributed by atoms with Crippen molar-refractivity contribution in [2.45, 2.75) is 58.0 Å². The van der Waals surface area contributed by atoms with E-state index in [9.17, 15) is 4.39 Å². The summed E-state index contributed by atoms with van der Waals surface area (Å²) in [6.45, 7) is 7.80. The van der Waals surface area contributed by atoms with Crippen LogP contribution in [0.1, 0.15) is 60.6 Å². The first kappa shape index (κ1) is 24.7. The minimum Gasteiger partial charge on any atom is -0.317 e. The van der Waals surface area contributed by atoms with Gasteiger partial charge in [-0.3, -0.25) is 9.36 Å². The van der Waals surface area contributed by atoms with E-state index in [1.807, 2.05) is 30.3 Å². The van der Waals surface area contributed by atoms with Gasteiger partial charge in [0, 0.05) is 31.0 Å². The van der Waals surface area contributed by atoms with Gasteiger partial charge in [-0.2, -0.15) is 10.2 Å². The zero-order valence-corrected chi connectivity index (χ0v) is 21.7. The maximum atomic E-state index is 13.4. The van der Waals surface area contributed by atoms with E-state index in [0.29, 0.717) is 6.42 Å². The van der Waals surface area contributed by atoms with E-state index in [0.717, 1.165) is 73.0 Å². The zero-order chi connectivity index (χ0) is 25.1. The van der Waals surface area contributed by atoms with E-state index in [-0.39, 0.29) is 11.2 Å². The van der Waals surface area contributed by atoms with Crippen LogP contribution in [-0.4, -0.2) is 32.7 Å². The highest BCUT2D eigenvalue weighted by Gasteiger charge is 2.41. The molecule has 36 heavy (non-hydrogen) atoms. The van der Waals surface area contributed by atoms with Crippen LogP contribution in [0.4, 0.5) is 4.39 Å². The molecule has 5 nitrogen and oxygen atoms in total. The summed E-state index contributed by atoms with van der Waals surface area (Å²) in [6.07, 6.45) is 3.40. The Bertz CT molecular complexity index is 1320. The number of benzene rings is 2. The van der Waals surface area contributed by atoms with Crippen molar-refractivity contribution in [1.29, 1.82) is 0 Å². The monoisotopic (exact) mass is 505 g/mol. The van der Waals surface area contributed by atoms with Crippen molar-refractivity contribution in [3.63, 3.8) is 0 Å². The molecule has 0 saturated carbocycles. The molecule has 3 heterocycles. The average Bonchev–Trinajstić information content (AvgIpc) is 3.50. The summed E-state index contributed by atoms with van der Waals surface area (Å²) in [5, 5.41) is 14.3. The lowest BCUT2D eigenvalue weighted by Crippen LogP contribution is -2.43. The maximum Gasteiger partial charge on any atom is 0.123 e. The van der Waals surface area contributed by atoms with Gasteiger partial charge in [-0.25, -0.2) is 4.39 Å². The first-order chi connectivity index (χ1) is 17.5. The van der Waals surface area contributed by atoms with Crippen LogP contribution in [0, 0.1) is 5.82 Å². The standard InChI is InChI=1S/C29H33ClFN5/c1-3-35-27(19-25(33-35)17-21-8-10-24(31)11-9-21)29(12-14-32-15-13-29)28-20-26(34-36(28)4-2)18-22-6-5-7-23(30)16-22/h5-11,16,19-20,32H,3-4,12-15,17-18H2,1-2H3. The molecule has 0 amide bonds. The van der Waals surface area contributed by atoms with Crippen molar-refractivity contribution in [1.82, 2.24) is 24.9 Å².